The number of phenolic OH excluding ortho intramolecular Hbond substituents is 1. The predicted molar refractivity (Wildman–Crippen MR) is 131 cm³/mol. The molecule has 4 aromatic rings. The van der Waals surface area contributed by atoms with Gasteiger partial charge in [0.25, 0.3) is 5.69 Å². The summed E-state index contributed by atoms with van der Waals surface area (Å²) in [5, 5.41) is 22.4. The second-order valence-corrected chi connectivity index (χ2v) is 9.77. The van der Waals surface area contributed by atoms with Gasteiger partial charge in [0, 0.05) is 30.1 Å². The Morgan fingerprint density at radius 2 is 1.57 bits per heavy atom. The van der Waals surface area contributed by atoms with Gasteiger partial charge in [-0.15, -0.1) is 0 Å². The second kappa shape index (κ2) is 9.39. The molecule has 190 valence electrons. The Kier molecular flexibility index (Phi) is 6.44. The van der Waals surface area contributed by atoms with Gasteiger partial charge >= 0.3 is 11.9 Å². The van der Waals surface area contributed by atoms with Crippen molar-refractivity contribution in [1.29, 1.82) is 0 Å². The molecule has 3 aromatic carbocycles. The van der Waals surface area contributed by atoms with Gasteiger partial charge in [0.15, 0.2) is 5.75 Å². The monoisotopic (exact) mass is 524 g/mol. The molecule has 0 saturated heterocycles. The Morgan fingerprint density at radius 3 is 2.11 bits per heavy atom. The van der Waals surface area contributed by atoms with E-state index in [4.69, 9.17) is 9.47 Å². The van der Waals surface area contributed by atoms with Crippen LogP contribution in [0.3, 0.4) is 0 Å². The Labute approximate surface area is 210 Å². The van der Waals surface area contributed by atoms with Crippen molar-refractivity contribution >= 4 is 38.4 Å². The van der Waals surface area contributed by atoms with Gasteiger partial charge in [-0.25, -0.2) is 18.0 Å². The van der Waals surface area contributed by atoms with E-state index in [1.54, 1.807) is 6.07 Å². The molecule has 0 aliphatic rings. The van der Waals surface area contributed by atoms with Crippen LogP contribution in [0.2, 0.25) is 0 Å². The summed E-state index contributed by atoms with van der Waals surface area (Å²) in [7, 11) is -0.803. The van der Waals surface area contributed by atoms with Gasteiger partial charge in [0.1, 0.15) is 11.3 Å². The normalized spacial score (nSPS) is 11.3. The van der Waals surface area contributed by atoms with Gasteiger partial charge in [-0.3, -0.25) is 10.1 Å². The molecule has 0 aliphatic heterocycles. The van der Waals surface area contributed by atoms with Crippen molar-refractivity contribution in [2.45, 2.75) is 9.79 Å². The number of phenols is 1. The summed E-state index contributed by atoms with van der Waals surface area (Å²) in [4.78, 5) is 35.5. The molecule has 0 unspecified atom stereocenters. The van der Waals surface area contributed by atoms with E-state index in [2.05, 4.69) is 0 Å². The maximum Gasteiger partial charge on any atom is 0.354 e. The maximum atomic E-state index is 14.1. The van der Waals surface area contributed by atoms with Crippen LogP contribution < -0.4 is 0 Å². The van der Waals surface area contributed by atoms with Crippen molar-refractivity contribution in [2.75, 3.05) is 14.2 Å². The van der Waals surface area contributed by atoms with E-state index in [0.29, 0.717) is 0 Å². The Morgan fingerprint density at radius 1 is 0.973 bits per heavy atom. The zero-order valence-corrected chi connectivity index (χ0v) is 20.6. The number of methoxy groups -OCH3 is 2. The number of nitrogens with zero attached hydrogens (tertiary/aromatic N) is 2. The standard InChI is InChI=1S/C25H20N2O9S/c1-26-18(24(29)35-2)13-17-21(26)22(28)20(25(30)36-3)19(14-9-11-15(12-10-14)27(31)32)23(17)37(33,34)16-7-5-4-6-8-16/h4-13,28H,1-3H3. The number of carbonyl (C=O) groups excluding carboxylic acids is 2. The van der Waals surface area contributed by atoms with Crippen molar-refractivity contribution in [3.05, 3.63) is 82.0 Å². The number of nitro groups is 1. The number of aromatic hydroxyl groups is 1. The highest BCUT2D eigenvalue weighted by molar-refractivity contribution is 7.92. The topological polar surface area (TPSA) is 155 Å². The number of benzene rings is 3. The maximum absolute atomic E-state index is 14.1. The molecule has 12 heteroatoms. The minimum Gasteiger partial charge on any atom is -0.505 e. The lowest BCUT2D eigenvalue weighted by molar-refractivity contribution is -0.384. The van der Waals surface area contributed by atoms with Crippen molar-refractivity contribution in [1.82, 2.24) is 4.57 Å². The zero-order valence-electron chi connectivity index (χ0n) is 19.8. The minimum absolute atomic E-state index is 0.0646. The van der Waals surface area contributed by atoms with E-state index in [-0.39, 0.29) is 38.3 Å². The molecule has 0 aliphatic carbocycles. The van der Waals surface area contributed by atoms with E-state index < -0.39 is 42.9 Å². The van der Waals surface area contributed by atoms with E-state index in [1.165, 1.54) is 54.1 Å². The average molecular weight is 525 g/mol. The molecule has 0 amide bonds. The molecule has 0 radical (unpaired) electrons. The SMILES string of the molecule is COC(=O)c1c(-c2ccc([N+](=O)[O-])cc2)c(S(=O)(=O)c2ccccc2)c2cc(C(=O)OC)n(C)c2c1O. The number of non-ortho nitro benzene ring substituents is 1. The van der Waals surface area contributed by atoms with Gasteiger partial charge in [-0.05, 0) is 35.9 Å². The van der Waals surface area contributed by atoms with Gasteiger partial charge in [0.2, 0.25) is 9.84 Å². The summed E-state index contributed by atoms with van der Waals surface area (Å²) in [5.74, 6) is -2.50. The van der Waals surface area contributed by atoms with Crippen molar-refractivity contribution in [3.63, 3.8) is 0 Å². The molecule has 4 rings (SSSR count). The van der Waals surface area contributed by atoms with Crippen LogP contribution >= 0.6 is 0 Å². The molecule has 0 spiro atoms. The fourth-order valence-electron chi connectivity index (χ4n) is 4.17. The van der Waals surface area contributed by atoms with Gasteiger partial charge < -0.3 is 19.1 Å². The number of sulfone groups is 1. The third-order valence-electron chi connectivity index (χ3n) is 5.89. The summed E-state index contributed by atoms with van der Waals surface area (Å²) in [6, 6.07) is 13.4. The molecule has 1 heterocycles. The van der Waals surface area contributed by atoms with Crippen molar-refractivity contribution < 1.29 is 37.5 Å². The number of esters is 2. The summed E-state index contributed by atoms with van der Waals surface area (Å²) >= 11 is 0. The van der Waals surface area contributed by atoms with E-state index in [1.807, 2.05) is 0 Å². The van der Waals surface area contributed by atoms with E-state index in [0.717, 1.165) is 26.4 Å². The number of rotatable bonds is 6. The lowest BCUT2D eigenvalue weighted by Gasteiger charge is -2.18. The number of aromatic nitrogens is 1. The van der Waals surface area contributed by atoms with Crippen LogP contribution in [-0.4, -0.2) is 49.2 Å². The molecule has 11 nitrogen and oxygen atoms in total. The molecule has 0 bridgehead atoms. The van der Waals surface area contributed by atoms with Crippen LogP contribution in [-0.2, 0) is 26.4 Å². The molecular formula is C25H20N2O9S. The summed E-state index contributed by atoms with van der Waals surface area (Å²) in [6.45, 7) is 0. The van der Waals surface area contributed by atoms with Crippen LogP contribution in [0, 0.1) is 10.1 Å². The van der Waals surface area contributed by atoms with Crippen LogP contribution in [0.15, 0.2) is 70.5 Å². The largest absolute Gasteiger partial charge is 0.505 e. The van der Waals surface area contributed by atoms with Gasteiger partial charge in [0.05, 0.1) is 34.5 Å². The number of hydrogen-bond acceptors (Lipinski definition) is 9. The minimum atomic E-state index is -4.41. The first kappa shape index (κ1) is 25.4. The Bertz CT molecular complexity index is 1670. The number of ether oxygens (including phenoxy) is 2. The van der Waals surface area contributed by atoms with Gasteiger partial charge in [-0.2, -0.15) is 0 Å². The Balaban J connectivity index is 2.28. The first-order chi connectivity index (χ1) is 17.5. The molecule has 1 aromatic heterocycles. The number of hydrogen-bond donors (Lipinski definition) is 1. The highest BCUT2D eigenvalue weighted by atomic mass is 32.2. The van der Waals surface area contributed by atoms with E-state index in [9.17, 15) is 33.2 Å². The zero-order chi connectivity index (χ0) is 27.1. The van der Waals surface area contributed by atoms with Crippen molar-refractivity contribution in [3.8, 4) is 16.9 Å². The number of aryl methyl sites for hydroxylation is 1. The molecule has 37 heavy (non-hydrogen) atoms. The average Bonchev–Trinajstić information content (AvgIpc) is 3.24. The lowest BCUT2D eigenvalue weighted by atomic mass is 9.96. The molecule has 0 atom stereocenters. The number of carbonyl (C=O) groups is 2. The quantitative estimate of drug-likeness (QED) is 0.225. The third-order valence-corrected chi connectivity index (χ3v) is 7.74. The fourth-order valence-corrected chi connectivity index (χ4v) is 5.86. The fraction of sp³-hybridized carbons (Fsp3) is 0.120. The lowest BCUT2D eigenvalue weighted by Crippen LogP contribution is -2.12. The first-order valence-electron chi connectivity index (χ1n) is 10.6. The Hall–Kier alpha value is -4.71. The summed E-state index contributed by atoms with van der Waals surface area (Å²) < 4.78 is 39.1. The molecule has 0 fully saturated rings. The van der Waals surface area contributed by atoms with E-state index >= 15 is 0 Å². The number of nitro benzene ring substituents is 1. The third kappa shape index (κ3) is 4.06. The smallest absolute Gasteiger partial charge is 0.354 e. The highest BCUT2D eigenvalue weighted by Gasteiger charge is 2.35. The molecule has 0 saturated carbocycles. The molecular weight excluding hydrogens is 504 g/mol. The highest BCUT2D eigenvalue weighted by Crippen LogP contribution is 2.46. The van der Waals surface area contributed by atoms with Crippen LogP contribution in [0.25, 0.3) is 22.0 Å². The second-order valence-electron chi connectivity index (χ2n) is 7.88. The van der Waals surface area contributed by atoms with Crippen LogP contribution in [0.1, 0.15) is 20.8 Å². The van der Waals surface area contributed by atoms with Gasteiger partial charge in [-0.1, -0.05) is 18.2 Å². The van der Waals surface area contributed by atoms with Crippen molar-refractivity contribution in [2.24, 2.45) is 7.05 Å². The predicted octanol–water partition coefficient (Wildman–Crippen LogP) is 3.87. The molecule has 1 N–H and O–H groups in total. The number of fused-ring (bicyclic) bond motifs is 1. The summed E-state index contributed by atoms with van der Waals surface area (Å²) in [5.41, 5.74) is -1.13. The van der Waals surface area contributed by atoms with Crippen LogP contribution in [0.5, 0.6) is 5.75 Å². The van der Waals surface area contributed by atoms with Crippen LogP contribution in [0.4, 0.5) is 5.69 Å². The first-order valence-corrected chi connectivity index (χ1v) is 12.1. The summed E-state index contributed by atoms with van der Waals surface area (Å²) in [6.07, 6.45) is 0.